The van der Waals surface area contributed by atoms with Gasteiger partial charge in [-0.25, -0.2) is 14.1 Å². The highest BCUT2D eigenvalue weighted by Crippen LogP contribution is 2.31. The smallest absolute Gasteiger partial charge is 0.269 e. The van der Waals surface area contributed by atoms with Crippen LogP contribution in [0, 0.1) is 5.82 Å². The number of nitrogens with zero attached hydrogens (tertiary/aromatic N) is 3. The second-order valence-electron chi connectivity index (χ2n) is 5.36. The lowest BCUT2D eigenvalue weighted by atomic mass is 10.2. The summed E-state index contributed by atoms with van der Waals surface area (Å²) < 4.78 is 26.6. The third-order valence-corrected chi connectivity index (χ3v) is 3.68. The minimum Gasteiger partial charge on any atom is -0.485 e. The Morgan fingerprint density at radius 3 is 2.84 bits per heavy atom. The Balaban J connectivity index is 1.47. The van der Waals surface area contributed by atoms with Crippen molar-refractivity contribution in [3.05, 3.63) is 60.9 Å². The van der Waals surface area contributed by atoms with Crippen LogP contribution >= 0.6 is 0 Å². The second kappa shape index (κ2) is 6.23. The Hall–Kier alpha value is -3.42. The number of para-hydroxylation sites is 2. The molecule has 0 radical (unpaired) electrons. The summed E-state index contributed by atoms with van der Waals surface area (Å²) in [5.41, 5.74) is 0.551. The first-order valence-corrected chi connectivity index (χ1v) is 7.54. The average molecular weight is 340 g/mol. The predicted octanol–water partition coefficient (Wildman–Crippen LogP) is 2.18. The SMILES string of the molecule is O=C(Nc1ccc(-n2cncn2)c(F)c1)[C@@H]1COc2ccccc2O1. The van der Waals surface area contributed by atoms with E-state index in [1.807, 2.05) is 6.07 Å². The molecule has 2 heterocycles. The number of aromatic nitrogens is 3. The first-order chi connectivity index (χ1) is 12.2. The molecule has 0 fully saturated rings. The van der Waals surface area contributed by atoms with E-state index in [2.05, 4.69) is 15.4 Å². The molecule has 0 bridgehead atoms. The molecule has 0 saturated heterocycles. The molecule has 8 heteroatoms. The fraction of sp³-hybridized carbons (Fsp3) is 0.118. The maximum Gasteiger partial charge on any atom is 0.269 e. The Morgan fingerprint density at radius 1 is 1.24 bits per heavy atom. The number of hydrogen-bond donors (Lipinski definition) is 1. The van der Waals surface area contributed by atoms with E-state index in [1.165, 1.54) is 29.5 Å². The fourth-order valence-corrected chi connectivity index (χ4v) is 2.47. The van der Waals surface area contributed by atoms with Crippen LogP contribution in [0.2, 0.25) is 0 Å². The molecule has 126 valence electrons. The van der Waals surface area contributed by atoms with Crippen molar-refractivity contribution in [3.8, 4) is 17.2 Å². The third kappa shape index (κ3) is 3.01. The van der Waals surface area contributed by atoms with E-state index >= 15 is 0 Å². The number of carbonyl (C=O) groups is 1. The second-order valence-corrected chi connectivity index (χ2v) is 5.36. The quantitative estimate of drug-likeness (QED) is 0.791. The van der Waals surface area contributed by atoms with Gasteiger partial charge >= 0.3 is 0 Å². The highest BCUT2D eigenvalue weighted by Gasteiger charge is 2.27. The molecule has 1 amide bonds. The molecule has 25 heavy (non-hydrogen) atoms. The number of benzene rings is 2. The van der Waals surface area contributed by atoms with Gasteiger partial charge in [0.15, 0.2) is 17.3 Å². The van der Waals surface area contributed by atoms with Crippen molar-refractivity contribution in [2.45, 2.75) is 6.10 Å². The number of nitrogens with one attached hydrogen (secondary N) is 1. The molecule has 0 aliphatic carbocycles. The van der Waals surface area contributed by atoms with Crippen LogP contribution in [-0.4, -0.2) is 33.4 Å². The van der Waals surface area contributed by atoms with E-state index in [1.54, 1.807) is 24.3 Å². The molecule has 2 aromatic carbocycles. The number of hydrogen-bond acceptors (Lipinski definition) is 5. The zero-order valence-corrected chi connectivity index (χ0v) is 12.9. The largest absolute Gasteiger partial charge is 0.485 e. The van der Waals surface area contributed by atoms with Crippen LogP contribution in [0.25, 0.3) is 5.69 Å². The monoisotopic (exact) mass is 340 g/mol. The van der Waals surface area contributed by atoms with E-state index < -0.39 is 17.8 Å². The summed E-state index contributed by atoms with van der Waals surface area (Å²) in [6.45, 7) is 0.0857. The Bertz CT molecular complexity index is 914. The van der Waals surface area contributed by atoms with E-state index in [4.69, 9.17) is 9.47 Å². The van der Waals surface area contributed by atoms with Crippen LogP contribution < -0.4 is 14.8 Å². The molecule has 3 aromatic rings. The summed E-state index contributed by atoms with van der Waals surface area (Å²) in [5.74, 6) is 0.147. The van der Waals surface area contributed by atoms with Crippen LogP contribution in [0.3, 0.4) is 0 Å². The topological polar surface area (TPSA) is 78.3 Å². The van der Waals surface area contributed by atoms with Gasteiger partial charge in [-0.2, -0.15) is 5.10 Å². The summed E-state index contributed by atoms with van der Waals surface area (Å²) in [5, 5.41) is 6.50. The van der Waals surface area contributed by atoms with Gasteiger partial charge in [-0.3, -0.25) is 4.79 Å². The lowest BCUT2D eigenvalue weighted by Crippen LogP contribution is -2.40. The predicted molar refractivity (Wildman–Crippen MR) is 86.3 cm³/mol. The van der Waals surface area contributed by atoms with Gasteiger partial charge in [0.05, 0.1) is 0 Å². The maximum absolute atomic E-state index is 14.2. The number of ether oxygens (including phenoxy) is 2. The molecular formula is C17H13FN4O3. The van der Waals surface area contributed by atoms with Crippen LogP contribution in [-0.2, 0) is 4.79 Å². The van der Waals surface area contributed by atoms with Gasteiger partial charge in [0.25, 0.3) is 5.91 Å². The van der Waals surface area contributed by atoms with Gasteiger partial charge in [0.2, 0.25) is 6.10 Å². The van der Waals surface area contributed by atoms with Gasteiger partial charge < -0.3 is 14.8 Å². The lowest BCUT2D eigenvalue weighted by Gasteiger charge is -2.25. The van der Waals surface area contributed by atoms with Crippen molar-refractivity contribution in [3.63, 3.8) is 0 Å². The van der Waals surface area contributed by atoms with Gasteiger partial charge in [0.1, 0.15) is 24.9 Å². The minimum atomic E-state index is -0.812. The average Bonchev–Trinajstić information content (AvgIpc) is 3.15. The molecule has 0 unspecified atom stereocenters. The summed E-state index contributed by atoms with van der Waals surface area (Å²) in [7, 11) is 0. The van der Waals surface area contributed by atoms with Crippen molar-refractivity contribution >= 4 is 11.6 Å². The Morgan fingerprint density at radius 2 is 2.08 bits per heavy atom. The van der Waals surface area contributed by atoms with Gasteiger partial charge in [0, 0.05) is 5.69 Å². The molecule has 1 N–H and O–H groups in total. The molecule has 0 saturated carbocycles. The summed E-state index contributed by atoms with van der Waals surface area (Å²) in [4.78, 5) is 16.1. The Kier molecular flexibility index (Phi) is 3.77. The summed E-state index contributed by atoms with van der Waals surface area (Å²) in [6, 6.07) is 11.4. The molecule has 0 spiro atoms. The standard InChI is InChI=1S/C17H13FN4O3/c18-12-7-11(5-6-13(12)22-10-19-9-20-22)21-17(23)16-8-24-14-3-1-2-4-15(14)25-16/h1-7,9-10,16H,8H2,(H,21,23)/t16-/m0/s1. The zero-order valence-electron chi connectivity index (χ0n) is 12.9. The summed E-state index contributed by atoms with van der Waals surface area (Å²) >= 11 is 0. The van der Waals surface area contributed by atoms with Gasteiger partial charge in [-0.15, -0.1) is 0 Å². The molecule has 1 aliphatic rings. The molecule has 7 nitrogen and oxygen atoms in total. The van der Waals surface area contributed by atoms with Crippen LogP contribution in [0.1, 0.15) is 0 Å². The van der Waals surface area contributed by atoms with Crippen LogP contribution in [0.4, 0.5) is 10.1 Å². The van der Waals surface area contributed by atoms with Crippen molar-refractivity contribution in [2.24, 2.45) is 0 Å². The first kappa shape index (κ1) is 15.1. The van der Waals surface area contributed by atoms with Crippen LogP contribution in [0.5, 0.6) is 11.5 Å². The minimum absolute atomic E-state index is 0.0857. The Labute approximate surface area is 142 Å². The van der Waals surface area contributed by atoms with E-state index in [0.717, 1.165) is 0 Å². The molecule has 4 rings (SSSR count). The summed E-state index contributed by atoms with van der Waals surface area (Å²) in [6.07, 6.45) is 1.89. The number of anilines is 1. The maximum atomic E-state index is 14.2. The number of halogens is 1. The molecule has 1 aromatic heterocycles. The lowest BCUT2D eigenvalue weighted by molar-refractivity contribution is -0.125. The number of rotatable bonds is 3. The fourth-order valence-electron chi connectivity index (χ4n) is 2.47. The first-order valence-electron chi connectivity index (χ1n) is 7.54. The molecular weight excluding hydrogens is 327 g/mol. The number of fused-ring (bicyclic) bond motifs is 1. The zero-order chi connectivity index (χ0) is 17.2. The van der Waals surface area contributed by atoms with Crippen LogP contribution in [0.15, 0.2) is 55.1 Å². The highest BCUT2D eigenvalue weighted by atomic mass is 19.1. The van der Waals surface area contributed by atoms with E-state index in [-0.39, 0.29) is 12.3 Å². The van der Waals surface area contributed by atoms with E-state index in [0.29, 0.717) is 17.2 Å². The van der Waals surface area contributed by atoms with Crippen molar-refractivity contribution < 1.29 is 18.7 Å². The van der Waals surface area contributed by atoms with Crippen molar-refractivity contribution in [2.75, 3.05) is 11.9 Å². The molecule has 1 atom stereocenters. The third-order valence-electron chi connectivity index (χ3n) is 3.68. The van der Waals surface area contributed by atoms with Crippen molar-refractivity contribution in [1.82, 2.24) is 14.8 Å². The van der Waals surface area contributed by atoms with E-state index in [9.17, 15) is 9.18 Å². The number of amides is 1. The number of carbonyl (C=O) groups excluding carboxylic acids is 1. The van der Waals surface area contributed by atoms with Crippen molar-refractivity contribution in [1.29, 1.82) is 0 Å². The molecule has 1 aliphatic heterocycles. The van der Waals surface area contributed by atoms with Gasteiger partial charge in [-0.05, 0) is 30.3 Å². The van der Waals surface area contributed by atoms with Gasteiger partial charge in [-0.1, -0.05) is 12.1 Å². The highest BCUT2D eigenvalue weighted by molar-refractivity contribution is 5.94. The normalized spacial score (nSPS) is 15.6.